The molecule has 9 heteroatoms. The highest BCUT2D eigenvalue weighted by atomic mass is 35.5. The molecule has 0 saturated heterocycles. The molecule has 2 heterocycles. The lowest BCUT2D eigenvalue weighted by atomic mass is 10.1. The van der Waals surface area contributed by atoms with Crippen LogP contribution in [-0.2, 0) is 23.1 Å². The highest BCUT2D eigenvalue weighted by Gasteiger charge is 2.21. The molecule has 1 aromatic carbocycles. The van der Waals surface area contributed by atoms with E-state index in [4.69, 9.17) is 16.6 Å². The Morgan fingerprint density at radius 3 is 2.66 bits per heavy atom. The van der Waals surface area contributed by atoms with Crippen LogP contribution in [0, 0.1) is 0 Å². The van der Waals surface area contributed by atoms with Crippen LogP contribution in [0.3, 0.4) is 0 Å². The number of rotatable bonds is 8. The van der Waals surface area contributed by atoms with Crippen LogP contribution in [0.5, 0.6) is 0 Å². The zero-order chi connectivity index (χ0) is 21.0. The summed E-state index contributed by atoms with van der Waals surface area (Å²) in [6, 6.07) is 11.5. The van der Waals surface area contributed by atoms with E-state index in [1.807, 2.05) is 36.4 Å². The normalized spacial score (nSPS) is 11.9. The van der Waals surface area contributed by atoms with Gasteiger partial charge in [0.1, 0.15) is 10.9 Å². The standard InChI is InChI=1S/C20H23ClN4O2S2/c1-14(2)19-20(28-17-8-4-7-16(21)10-17)25(13-15-6-5-9-22-11-15)18(24-19)12-23-29(3,26)27/h4-11,14,23H,12-13H2,1-3H3. The van der Waals surface area contributed by atoms with Gasteiger partial charge < -0.3 is 4.57 Å². The molecule has 0 amide bonds. The van der Waals surface area contributed by atoms with E-state index in [0.717, 1.165) is 27.4 Å². The molecule has 1 N–H and O–H groups in total. The average molecular weight is 451 g/mol. The summed E-state index contributed by atoms with van der Waals surface area (Å²) in [4.78, 5) is 9.98. The fourth-order valence-electron chi connectivity index (χ4n) is 2.80. The molecule has 0 bridgehead atoms. The largest absolute Gasteiger partial charge is 0.317 e. The van der Waals surface area contributed by atoms with Crippen LogP contribution in [0.2, 0.25) is 5.02 Å². The van der Waals surface area contributed by atoms with Crippen LogP contribution in [0.25, 0.3) is 0 Å². The lowest BCUT2D eigenvalue weighted by Crippen LogP contribution is -2.23. The van der Waals surface area contributed by atoms with Gasteiger partial charge >= 0.3 is 0 Å². The maximum atomic E-state index is 11.7. The molecule has 0 atom stereocenters. The third kappa shape index (κ3) is 6.05. The first-order valence-electron chi connectivity index (χ1n) is 9.09. The first-order valence-corrected chi connectivity index (χ1v) is 12.2. The lowest BCUT2D eigenvalue weighted by Gasteiger charge is -2.14. The van der Waals surface area contributed by atoms with Crippen molar-refractivity contribution in [1.82, 2.24) is 19.3 Å². The fourth-order valence-corrected chi connectivity index (χ4v) is 4.66. The van der Waals surface area contributed by atoms with E-state index in [2.05, 4.69) is 28.1 Å². The van der Waals surface area contributed by atoms with Gasteiger partial charge in [-0.05, 0) is 35.7 Å². The molecule has 0 radical (unpaired) electrons. The van der Waals surface area contributed by atoms with Crippen molar-refractivity contribution in [3.8, 4) is 0 Å². The van der Waals surface area contributed by atoms with Crippen molar-refractivity contribution in [3.63, 3.8) is 0 Å². The molecule has 154 valence electrons. The number of nitrogens with one attached hydrogen (secondary N) is 1. The number of pyridine rings is 1. The van der Waals surface area contributed by atoms with Crippen LogP contribution in [0.4, 0.5) is 0 Å². The third-order valence-corrected chi connectivity index (χ3v) is 6.16. The van der Waals surface area contributed by atoms with Crippen LogP contribution >= 0.6 is 23.4 Å². The third-order valence-electron chi connectivity index (χ3n) is 4.14. The van der Waals surface area contributed by atoms with E-state index >= 15 is 0 Å². The summed E-state index contributed by atoms with van der Waals surface area (Å²) >= 11 is 7.74. The molecule has 2 aromatic heterocycles. The number of sulfonamides is 1. The van der Waals surface area contributed by atoms with Gasteiger partial charge in [-0.3, -0.25) is 4.98 Å². The molecule has 0 spiro atoms. The van der Waals surface area contributed by atoms with Crippen molar-refractivity contribution < 1.29 is 8.42 Å². The molecule has 29 heavy (non-hydrogen) atoms. The van der Waals surface area contributed by atoms with E-state index in [1.54, 1.807) is 24.2 Å². The van der Waals surface area contributed by atoms with Gasteiger partial charge in [-0.2, -0.15) is 0 Å². The number of halogens is 1. The van der Waals surface area contributed by atoms with Crippen LogP contribution in [-0.4, -0.2) is 29.2 Å². The Kier molecular flexibility index (Phi) is 7.00. The Morgan fingerprint density at radius 1 is 1.24 bits per heavy atom. The van der Waals surface area contributed by atoms with Crippen molar-refractivity contribution in [3.05, 3.63) is 70.9 Å². The summed E-state index contributed by atoms with van der Waals surface area (Å²) < 4.78 is 27.9. The second-order valence-corrected chi connectivity index (χ2v) is 10.3. The molecule has 3 rings (SSSR count). The Morgan fingerprint density at radius 2 is 2.03 bits per heavy atom. The van der Waals surface area contributed by atoms with Gasteiger partial charge in [0, 0.05) is 22.3 Å². The molecule has 0 unspecified atom stereocenters. The van der Waals surface area contributed by atoms with E-state index in [1.165, 1.54) is 0 Å². The minimum absolute atomic E-state index is 0.120. The van der Waals surface area contributed by atoms with Crippen molar-refractivity contribution in [2.45, 2.75) is 42.8 Å². The van der Waals surface area contributed by atoms with Gasteiger partial charge in [0.15, 0.2) is 0 Å². The number of nitrogens with zero attached hydrogens (tertiary/aromatic N) is 3. The molecule has 0 saturated carbocycles. The minimum atomic E-state index is -3.34. The average Bonchev–Trinajstić information content (AvgIpc) is 2.98. The van der Waals surface area contributed by atoms with E-state index < -0.39 is 10.0 Å². The molecule has 0 aliphatic carbocycles. The molecular weight excluding hydrogens is 428 g/mol. The number of imidazole rings is 1. The first-order chi connectivity index (χ1) is 13.7. The van der Waals surface area contributed by atoms with Gasteiger partial charge in [-0.25, -0.2) is 18.1 Å². The SMILES string of the molecule is CC(C)c1nc(CNS(C)(=O)=O)n(Cc2cccnc2)c1Sc1cccc(Cl)c1. The fraction of sp³-hybridized carbons (Fsp3) is 0.300. The van der Waals surface area contributed by atoms with Crippen molar-refractivity contribution in [1.29, 1.82) is 0 Å². The molecule has 0 aliphatic rings. The molecule has 0 fully saturated rings. The van der Waals surface area contributed by atoms with Crippen molar-refractivity contribution in [2.75, 3.05) is 6.26 Å². The predicted molar refractivity (Wildman–Crippen MR) is 117 cm³/mol. The van der Waals surface area contributed by atoms with Crippen molar-refractivity contribution in [2.24, 2.45) is 0 Å². The Balaban J connectivity index is 2.07. The molecular formula is C20H23ClN4O2S2. The van der Waals surface area contributed by atoms with E-state index in [9.17, 15) is 8.42 Å². The zero-order valence-electron chi connectivity index (χ0n) is 16.5. The second-order valence-electron chi connectivity index (χ2n) is 6.97. The maximum absolute atomic E-state index is 11.7. The highest BCUT2D eigenvalue weighted by molar-refractivity contribution is 7.99. The van der Waals surface area contributed by atoms with Crippen LogP contribution in [0.1, 0.15) is 36.8 Å². The van der Waals surface area contributed by atoms with Gasteiger partial charge in [-0.15, -0.1) is 0 Å². The summed E-state index contributed by atoms with van der Waals surface area (Å²) in [6.07, 6.45) is 4.67. The highest BCUT2D eigenvalue weighted by Crippen LogP contribution is 2.36. The van der Waals surface area contributed by atoms with E-state index in [-0.39, 0.29) is 12.5 Å². The Hall–Kier alpha value is -1.87. The zero-order valence-corrected chi connectivity index (χ0v) is 18.9. The number of hydrogen-bond acceptors (Lipinski definition) is 5. The minimum Gasteiger partial charge on any atom is -0.317 e. The smallest absolute Gasteiger partial charge is 0.209 e. The van der Waals surface area contributed by atoms with Crippen LogP contribution < -0.4 is 4.72 Å². The van der Waals surface area contributed by atoms with Gasteiger partial charge in [0.2, 0.25) is 10.0 Å². The summed E-state index contributed by atoms with van der Waals surface area (Å²) in [5.74, 6) is 0.830. The molecule has 3 aromatic rings. The molecule has 0 aliphatic heterocycles. The topological polar surface area (TPSA) is 76.9 Å². The lowest BCUT2D eigenvalue weighted by molar-refractivity contribution is 0.580. The summed E-state index contributed by atoms with van der Waals surface area (Å²) in [5, 5.41) is 1.63. The quantitative estimate of drug-likeness (QED) is 0.553. The summed E-state index contributed by atoms with van der Waals surface area (Å²) in [7, 11) is -3.34. The Labute approximate surface area is 180 Å². The predicted octanol–water partition coefficient (Wildman–Crippen LogP) is 4.30. The number of aromatic nitrogens is 3. The number of benzene rings is 1. The monoisotopic (exact) mass is 450 g/mol. The van der Waals surface area contributed by atoms with Gasteiger partial charge in [0.05, 0.1) is 25.0 Å². The van der Waals surface area contributed by atoms with Gasteiger partial charge in [-0.1, -0.05) is 49.3 Å². The molecule has 6 nitrogen and oxygen atoms in total. The Bertz CT molecular complexity index is 1080. The first kappa shape index (κ1) is 21.8. The van der Waals surface area contributed by atoms with Gasteiger partial charge in [0.25, 0.3) is 0 Å². The second kappa shape index (κ2) is 9.30. The number of hydrogen-bond donors (Lipinski definition) is 1. The summed E-state index contributed by atoms with van der Waals surface area (Å²) in [6.45, 7) is 4.81. The van der Waals surface area contributed by atoms with Crippen molar-refractivity contribution >= 4 is 33.4 Å². The maximum Gasteiger partial charge on any atom is 0.209 e. The van der Waals surface area contributed by atoms with Crippen LogP contribution in [0.15, 0.2) is 58.7 Å². The van der Waals surface area contributed by atoms with E-state index in [0.29, 0.717) is 17.4 Å². The summed E-state index contributed by atoms with van der Waals surface area (Å²) in [5.41, 5.74) is 1.93.